The number of anilines is 1. The summed E-state index contributed by atoms with van der Waals surface area (Å²) in [5, 5.41) is 1.08. The summed E-state index contributed by atoms with van der Waals surface area (Å²) >= 11 is 0. The maximum absolute atomic E-state index is 5.65. The van der Waals surface area contributed by atoms with E-state index in [-0.39, 0.29) is 0 Å². The third-order valence-corrected chi connectivity index (χ3v) is 2.70. The molecule has 84 valence electrons. The van der Waals surface area contributed by atoms with Gasteiger partial charge in [-0.1, -0.05) is 0 Å². The molecule has 0 amide bonds. The molecule has 0 unspecified atom stereocenters. The second-order valence-corrected chi connectivity index (χ2v) is 3.93. The van der Waals surface area contributed by atoms with Crippen molar-refractivity contribution < 1.29 is 4.42 Å². The van der Waals surface area contributed by atoms with E-state index in [2.05, 4.69) is 9.97 Å². The van der Waals surface area contributed by atoms with Crippen molar-refractivity contribution in [3.05, 3.63) is 42.3 Å². The lowest BCUT2D eigenvalue weighted by Crippen LogP contribution is -1.94. The molecule has 4 nitrogen and oxygen atoms in total. The zero-order chi connectivity index (χ0) is 11.8. The van der Waals surface area contributed by atoms with Gasteiger partial charge in [-0.25, -0.2) is 9.97 Å². The van der Waals surface area contributed by atoms with E-state index in [1.54, 1.807) is 18.5 Å². The molecule has 4 heteroatoms. The molecule has 0 saturated heterocycles. The fraction of sp³-hybridized carbons (Fsp3) is 0.0769. The molecule has 0 spiro atoms. The molecule has 0 fully saturated rings. The molecule has 3 rings (SSSR count). The quantitative estimate of drug-likeness (QED) is 0.691. The molecular weight excluding hydrogens is 214 g/mol. The summed E-state index contributed by atoms with van der Waals surface area (Å²) in [4.78, 5) is 8.41. The van der Waals surface area contributed by atoms with Gasteiger partial charge in [0.05, 0.1) is 6.26 Å². The number of benzene rings is 1. The van der Waals surface area contributed by atoms with E-state index in [0.29, 0.717) is 11.6 Å². The lowest BCUT2D eigenvalue weighted by atomic mass is 10.1. The number of aromatic nitrogens is 2. The maximum atomic E-state index is 5.65. The minimum absolute atomic E-state index is 0.471. The molecule has 2 heterocycles. The van der Waals surface area contributed by atoms with E-state index in [1.165, 1.54) is 0 Å². The first kappa shape index (κ1) is 9.84. The van der Waals surface area contributed by atoms with Crippen LogP contribution in [0.4, 0.5) is 5.82 Å². The first-order valence-electron chi connectivity index (χ1n) is 5.31. The number of aryl methyl sites for hydroxylation is 1. The summed E-state index contributed by atoms with van der Waals surface area (Å²) < 4.78 is 5.40. The molecule has 2 aromatic heterocycles. The van der Waals surface area contributed by atoms with E-state index in [1.807, 2.05) is 25.1 Å². The summed E-state index contributed by atoms with van der Waals surface area (Å²) in [5.41, 5.74) is 8.56. The highest BCUT2D eigenvalue weighted by molar-refractivity contribution is 5.85. The zero-order valence-corrected chi connectivity index (χ0v) is 9.34. The molecule has 0 aliphatic carbocycles. The summed E-state index contributed by atoms with van der Waals surface area (Å²) in [6.07, 6.45) is 3.40. The van der Waals surface area contributed by atoms with Crippen molar-refractivity contribution in [3.63, 3.8) is 0 Å². The van der Waals surface area contributed by atoms with Crippen LogP contribution >= 0.6 is 0 Å². The monoisotopic (exact) mass is 225 g/mol. The van der Waals surface area contributed by atoms with Gasteiger partial charge in [-0.3, -0.25) is 0 Å². The predicted molar refractivity (Wildman–Crippen MR) is 66.4 cm³/mol. The molecule has 0 bridgehead atoms. The number of hydrogen-bond donors (Lipinski definition) is 1. The van der Waals surface area contributed by atoms with Crippen molar-refractivity contribution in [2.24, 2.45) is 0 Å². The van der Waals surface area contributed by atoms with Crippen LogP contribution in [0.25, 0.3) is 22.4 Å². The minimum Gasteiger partial charge on any atom is -0.464 e. The molecule has 2 N–H and O–H groups in total. The van der Waals surface area contributed by atoms with Crippen LogP contribution in [0.2, 0.25) is 0 Å². The molecule has 0 aliphatic rings. The normalized spacial score (nSPS) is 10.9. The van der Waals surface area contributed by atoms with Gasteiger partial charge in [-0.15, -0.1) is 0 Å². The van der Waals surface area contributed by atoms with E-state index >= 15 is 0 Å². The number of nitrogens with zero attached hydrogens (tertiary/aromatic N) is 2. The lowest BCUT2D eigenvalue weighted by Gasteiger charge is -2.01. The van der Waals surface area contributed by atoms with Crippen molar-refractivity contribution in [2.45, 2.75) is 6.92 Å². The van der Waals surface area contributed by atoms with Gasteiger partial charge in [-0.2, -0.15) is 0 Å². The van der Waals surface area contributed by atoms with Crippen molar-refractivity contribution in [1.82, 2.24) is 9.97 Å². The molecule has 0 saturated carbocycles. The second-order valence-electron chi connectivity index (χ2n) is 3.93. The number of rotatable bonds is 1. The van der Waals surface area contributed by atoms with Crippen LogP contribution in [-0.4, -0.2) is 9.97 Å². The van der Waals surface area contributed by atoms with Gasteiger partial charge >= 0.3 is 0 Å². The average molecular weight is 225 g/mol. The molecular formula is C13H11N3O. The van der Waals surface area contributed by atoms with Gasteiger partial charge in [0.25, 0.3) is 0 Å². The summed E-state index contributed by atoms with van der Waals surface area (Å²) in [5.74, 6) is 1.10. The third kappa shape index (κ3) is 1.63. The fourth-order valence-corrected chi connectivity index (χ4v) is 1.81. The Bertz CT molecular complexity index is 688. The average Bonchev–Trinajstić information content (AvgIpc) is 2.71. The van der Waals surface area contributed by atoms with Crippen LogP contribution in [0, 0.1) is 6.92 Å². The maximum Gasteiger partial charge on any atom is 0.161 e. The van der Waals surface area contributed by atoms with Crippen molar-refractivity contribution >= 4 is 16.8 Å². The number of fused-ring (bicyclic) bond motifs is 1. The Balaban J connectivity index is 2.20. The number of hydrogen-bond acceptors (Lipinski definition) is 4. The van der Waals surface area contributed by atoms with Gasteiger partial charge in [0.1, 0.15) is 11.4 Å². The number of nitrogen functional groups attached to an aromatic ring is 1. The summed E-state index contributed by atoms with van der Waals surface area (Å²) in [6, 6.07) is 7.54. The first-order chi connectivity index (χ1) is 8.24. The van der Waals surface area contributed by atoms with Crippen molar-refractivity contribution in [1.29, 1.82) is 0 Å². The smallest absolute Gasteiger partial charge is 0.161 e. The van der Waals surface area contributed by atoms with Gasteiger partial charge in [0, 0.05) is 17.1 Å². The molecule has 0 radical (unpaired) electrons. The van der Waals surface area contributed by atoms with Crippen LogP contribution in [0.3, 0.4) is 0 Å². The largest absolute Gasteiger partial charge is 0.464 e. The highest BCUT2D eigenvalue weighted by Crippen LogP contribution is 2.25. The molecule has 17 heavy (non-hydrogen) atoms. The Kier molecular flexibility index (Phi) is 2.08. The molecule has 3 aromatic rings. The summed E-state index contributed by atoms with van der Waals surface area (Å²) in [6.45, 7) is 2.01. The first-order valence-corrected chi connectivity index (χ1v) is 5.31. The van der Waals surface area contributed by atoms with Crippen LogP contribution in [0.1, 0.15) is 5.56 Å². The van der Waals surface area contributed by atoms with Gasteiger partial charge in [0.2, 0.25) is 0 Å². The Morgan fingerprint density at radius 3 is 2.94 bits per heavy atom. The van der Waals surface area contributed by atoms with E-state index < -0.39 is 0 Å². The van der Waals surface area contributed by atoms with Gasteiger partial charge in [-0.05, 0) is 36.8 Å². The highest BCUT2D eigenvalue weighted by Gasteiger charge is 2.06. The van der Waals surface area contributed by atoms with Crippen LogP contribution in [0.5, 0.6) is 0 Å². The van der Waals surface area contributed by atoms with E-state index in [9.17, 15) is 0 Å². The Labute approximate surface area is 98.1 Å². The molecule has 1 aromatic carbocycles. The van der Waals surface area contributed by atoms with Crippen LogP contribution in [-0.2, 0) is 0 Å². The number of nitrogens with two attached hydrogens (primary N) is 1. The van der Waals surface area contributed by atoms with Crippen molar-refractivity contribution in [2.75, 3.05) is 5.73 Å². The van der Waals surface area contributed by atoms with E-state index in [4.69, 9.17) is 10.2 Å². The minimum atomic E-state index is 0.471. The lowest BCUT2D eigenvalue weighted by molar-refractivity contribution is 0.613. The van der Waals surface area contributed by atoms with E-state index in [0.717, 1.165) is 22.1 Å². The van der Waals surface area contributed by atoms with Gasteiger partial charge in [0.15, 0.2) is 5.82 Å². The fourth-order valence-electron chi connectivity index (χ4n) is 1.81. The molecule has 0 atom stereocenters. The SMILES string of the molecule is Cc1coc2ccc(-c3nccc(N)n3)cc12. The Morgan fingerprint density at radius 2 is 2.12 bits per heavy atom. The standard InChI is InChI=1S/C13H11N3O/c1-8-7-17-11-3-2-9(6-10(8)11)13-15-5-4-12(14)16-13/h2-7H,1H3,(H2,14,15,16). The zero-order valence-electron chi connectivity index (χ0n) is 9.34. The number of furan rings is 1. The highest BCUT2D eigenvalue weighted by atomic mass is 16.3. The third-order valence-electron chi connectivity index (χ3n) is 2.70. The van der Waals surface area contributed by atoms with Crippen molar-refractivity contribution in [3.8, 4) is 11.4 Å². The van der Waals surface area contributed by atoms with Crippen LogP contribution in [0.15, 0.2) is 41.1 Å². The topological polar surface area (TPSA) is 64.9 Å². The Hall–Kier alpha value is -2.36. The second kappa shape index (κ2) is 3.59. The predicted octanol–water partition coefficient (Wildman–Crippen LogP) is 2.78. The summed E-state index contributed by atoms with van der Waals surface area (Å²) in [7, 11) is 0. The Morgan fingerprint density at radius 1 is 1.24 bits per heavy atom. The molecule has 0 aliphatic heterocycles. The van der Waals surface area contributed by atoms with Crippen LogP contribution < -0.4 is 5.73 Å². The van der Waals surface area contributed by atoms with Gasteiger partial charge < -0.3 is 10.2 Å².